The Bertz CT molecular complexity index is 786. The van der Waals surface area contributed by atoms with Crippen LogP contribution >= 0.6 is 0 Å². The molecule has 0 amide bonds. The Morgan fingerprint density at radius 2 is 1.85 bits per heavy atom. The zero-order chi connectivity index (χ0) is 18.7. The maximum absolute atomic E-state index is 12.1. The van der Waals surface area contributed by atoms with Gasteiger partial charge in [0.25, 0.3) is 5.56 Å². The molecular weight excluding hydrogens is 322 g/mol. The minimum atomic E-state index is -0.0775. The second-order valence-corrected chi connectivity index (χ2v) is 8.19. The maximum atomic E-state index is 12.1. The number of aromatic nitrogens is 2. The molecule has 0 aliphatic carbocycles. The lowest BCUT2D eigenvalue weighted by Crippen LogP contribution is -2.34. The van der Waals surface area contributed by atoms with E-state index in [-0.39, 0.29) is 11.5 Å². The number of piperidine rings is 1. The van der Waals surface area contributed by atoms with Gasteiger partial charge < -0.3 is 4.98 Å². The molecule has 0 saturated carbocycles. The fraction of sp³-hybridized carbons (Fsp3) is 0.545. The first-order valence-corrected chi connectivity index (χ1v) is 9.86. The fourth-order valence-electron chi connectivity index (χ4n) is 3.81. The predicted molar refractivity (Wildman–Crippen MR) is 107 cm³/mol. The van der Waals surface area contributed by atoms with E-state index in [1.54, 1.807) is 6.07 Å². The number of benzene rings is 1. The molecule has 2 aromatic rings. The van der Waals surface area contributed by atoms with E-state index in [9.17, 15) is 4.79 Å². The molecule has 2 heterocycles. The summed E-state index contributed by atoms with van der Waals surface area (Å²) in [7, 11) is 0. The van der Waals surface area contributed by atoms with E-state index in [2.05, 4.69) is 55.8 Å². The second-order valence-electron chi connectivity index (χ2n) is 8.19. The molecule has 140 valence electrons. The molecule has 1 N–H and O–H groups in total. The summed E-state index contributed by atoms with van der Waals surface area (Å²) in [6.45, 7) is 12.0. The van der Waals surface area contributed by atoms with E-state index in [1.807, 2.05) is 6.07 Å². The molecule has 4 heteroatoms. The molecule has 26 heavy (non-hydrogen) atoms. The van der Waals surface area contributed by atoms with Crippen LogP contribution in [0.2, 0.25) is 0 Å². The lowest BCUT2D eigenvalue weighted by molar-refractivity contribution is 0.152. The average molecular weight is 354 g/mol. The quantitative estimate of drug-likeness (QED) is 0.865. The van der Waals surface area contributed by atoms with Crippen LogP contribution in [0.5, 0.6) is 0 Å². The van der Waals surface area contributed by atoms with Gasteiger partial charge >= 0.3 is 0 Å². The van der Waals surface area contributed by atoms with Gasteiger partial charge in [0, 0.05) is 18.2 Å². The summed E-state index contributed by atoms with van der Waals surface area (Å²) in [4.78, 5) is 22.3. The van der Waals surface area contributed by atoms with Crippen molar-refractivity contribution < 1.29 is 0 Å². The normalized spacial score (nSPS) is 16.5. The fourth-order valence-corrected chi connectivity index (χ4v) is 3.81. The van der Waals surface area contributed by atoms with E-state index < -0.39 is 0 Å². The van der Waals surface area contributed by atoms with Crippen molar-refractivity contribution in [1.29, 1.82) is 0 Å². The number of nitrogens with zero attached hydrogens (tertiary/aromatic N) is 2. The smallest absolute Gasteiger partial charge is 0.251 e. The molecule has 4 nitrogen and oxygen atoms in total. The number of H-pyrrole nitrogens is 1. The van der Waals surface area contributed by atoms with E-state index >= 15 is 0 Å². The van der Waals surface area contributed by atoms with Crippen molar-refractivity contribution in [1.82, 2.24) is 14.9 Å². The van der Waals surface area contributed by atoms with Crippen LogP contribution in [0.25, 0.3) is 11.4 Å². The van der Waals surface area contributed by atoms with Crippen LogP contribution in [0, 0.1) is 11.8 Å². The molecule has 1 aromatic carbocycles. The van der Waals surface area contributed by atoms with Gasteiger partial charge in [0.1, 0.15) is 5.82 Å². The molecule has 0 spiro atoms. The maximum Gasteiger partial charge on any atom is 0.251 e. The van der Waals surface area contributed by atoms with E-state index in [4.69, 9.17) is 4.98 Å². The Balaban J connectivity index is 1.83. The Hall–Kier alpha value is -1.94. The molecule has 1 fully saturated rings. The van der Waals surface area contributed by atoms with Crippen LogP contribution in [-0.2, 0) is 6.54 Å². The summed E-state index contributed by atoms with van der Waals surface area (Å²) in [6.07, 6.45) is 2.55. The lowest BCUT2D eigenvalue weighted by atomic mass is 9.86. The molecule has 0 bridgehead atoms. The summed E-state index contributed by atoms with van der Waals surface area (Å²) in [5, 5.41) is 0. The van der Waals surface area contributed by atoms with Gasteiger partial charge in [-0.25, -0.2) is 4.98 Å². The van der Waals surface area contributed by atoms with Crippen molar-refractivity contribution in [3.05, 3.63) is 51.9 Å². The third-order valence-corrected chi connectivity index (χ3v) is 5.59. The van der Waals surface area contributed by atoms with Gasteiger partial charge in [0.2, 0.25) is 0 Å². The Morgan fingerprint density at radius 1 is 1.15 bits per heavy atom. The van der Waals surface area contributed by atoms with Crippen LogP contribution < -0.4 is 5.56 Å². The van der Waals surface area contributed by atoms with E-state index in [0.29, 0.717) is 5.82 Å². The van der Waals surface area contributed by atoms with Crippen LogP contribution in [0.3, 0.4) is 0 Å². The zero-order valence-electron chi connectivity index (χ0n) is 16.5. The van der Waals surface area contributed by atoms with Gasteiger partial charge in [-0.3, -0.25) is 9.69 Å². The third-order valence-electron chi connectivity index (χ3n) is 5.59. The van der Waals surface area contributed by atoms with Crippen molar-refractivity contribution in [3.8, 4) is 11.4 Å². The topological polar surface area (TPSA) is 49.0 Å². The van der Waals surface area contributed by atoms with Gasteiger partial charge in [0.15, 0.2) is 0 Å². The first-order chi connectivity index (χ1) is 12.4. The van der Waals surface area contributed by atoms with Crippen LogP contribution in [0.4, 0.5) is 0 Å². The van der Waals surface area contributed by atoms with Crippen LogP contribution in [0.1, 0.15) is 57.7 Å². The highest BCUT2D eigenvalue weighted by molar-refractivity contribution is 5.60. The van der Waals surface area contributed by atoms with E-state index in [1.165, 1.54) is 18.4 Å². The van der Waals surface area contributed by atoms with Gasteiger partial charge in [-0.15, -0.1) is 0 Å². The summed E-state index contributed by atoms with van der Waals surface area (Å²) in [5.41, 5.74) is 3.04. The largest absolute Gasteiger partial charge is 0.307 e. The highest BCUT2D eigenvalue weighted by Crippen LogP contribution is 2.27. The van der Waals surface area contributed by atoms with Crippen molar-refractivity contribution in [2.75, 3.05) is 13.1 Å². The summed E-state index contributed by atoms with van der Waals surface area (Å²) in [5.74, 6) is 2.55. The third kappa shape index (κ3) is 4.42. The molecule has 3 rings (SSSR count). The molecule has 1 aliphatic heterocycles. The number of aromatic amines is 1. The SMILES string of the molecule is CC(C)c1cc(=O)[nH]c(-c2ccccc2CN2CCC(C(C)C)CC2)n1. The van der Waals surface area contributed by atoms with Gasteiger partial charge in [-0.1, -0.05) is 52.0 Å². The first kappa shape index (κ1) is 18.8. The van der Waals surface area contributed by atoms with Gasteiger partial charge in [-0.05, 0) is 49.2 Å². The molecule has 0 radical (unpaired) electrons. The highest BCUT2D eigenvalue weighted by atomic mass is 16.1. The monoisotopic (exact) mass is 353 g/mol. The standard InChI is InChI=1S/C22H31N3O/c1-15(2)17-9-11-25(12-10-17)14-18-7-5-6-8-19(18)22-23-20(16(3)4)13-21(26)24-22/h5-8,13,15-17H,9-12,14H2,1-4H3,(H,23,24,26). The van der Waals surface area contributed by atoms with Crippen LogP contribution in [0.15, 0.2) is 35.1 Å². The molecule has 1 aliphatic rings. The number of rotatable bonds is 5. The minimum absolute atomic E-state index is 0.0775. The predicted octanol–water partition coefficient (Wildman–Crippen LogP) is 4.43. The number of nitrogens with one attached hydrogen (secondary N) is 1. The van der Waals surface area contributed by atoms with Crippen molar-refractivity contribution >= 4 is 0 Å². The minimum Gasteiger partial charge on any atom is -0.307 e. The number of hydrogen-bond acceptors (Lipinski definition) is 3. The lowest BCUT2D eigenvalue weighted by Gasteiger charge is -2.34. The summed E-state index contributed by atoms with van der Waals surface area (Å²) in [6, 6.07) is 9.92. The molecule has 0 unspecified atom stereocenters. The summed E-state index contributed by atoms with van der Waals surface area (Å²) < 4.78 is 0. The van der Waals surface area contributed by atoms with Gasteiger partial charge in [0.05, 0.1) is 5.69 Å². The van der Waals surface area contributed by atoms with Crippen molar-refractivity contribution in [2.45, 2.75) is 53.0 Å². The van der Waals surface area contributed by atoms with Crippen LogP contribution in [-0.4, -0.2) is 28.0 Å². The average Bonchev–Trinajstić information content (AvgIpc) is 2.62. The molecule has 1 aromatic heterocycles. The Morgan fingerprint density at radius 3 is 2.50 bits per heavy atom. The molecular formula is C22H31N3O. The Labute approximate surface area is 156 Å². The first-order valence-electron chi connectivity index (χ1n) is 9.86. The van der Waals surface area contributed by atoms with Crippen molar-refractivity contribution in [2.24, 2.45) is 11.8 Å². The number of likely N-dealkylation sites (tertiary alicyclic amines) is 1. The van der Waals surface area contributed by atoms with E-state index in [0.717, 1.165) is 42.7 Å². The molecule has 1 saturated heterocycles. The second kappa shape index (κ2) is 8.17. The zero-order valence-corrected chi connectivity index (χ0v) is 16.5. The summed E-state index contributed by atoms with van der Waals surface area (Å²) >= 11 is 0. The Kier molecular flexibility index (Phi) is 5.92. The number of hydrogen-bond donors (Lipinski definition) is 1. The molecule has 0 atom stereocenters. The van der Waals surface area contributed by atoms with Crippen molar-refractivity contribution in [3.63, 3.8) is 0 Å². The highest BCUT2D eigenvalue weighted by Gasteiger charge is 2.22. The van der Waals surface area contributed by atoms with Gasteiger partial charge in [-0.2, -0.15) is 0 Å².